The maximum atomic E-state index is 12.7. The molecule has 1 unspecified atom stereocenters. The third kappa shape index (κ3) is 5.92. The molecule has 164 valence electrons. The molecule has 3 amide bonds. The summed E-state index contributed by atoms with van der Waals surface area (Å²) in [6.45, 7) is 8.23. The van der Waals surface area contributed by atoms with Gasteiger partial charge in [0.05, 0.1) is 6.54 Å². The number of para-hydroxylation sites is 1. The quantitative estimate of drug-likeness (QED) is 0.748. The van der Waals surface area contributed by atoms with Crippen molar-refractivity contribution >= 4 is 23.4 Å². The number of anilines is 1. The minimum Gasteiger partial charge on any atom is -0.341 e. The fourth-order valence-electron chi connectivity index (χ4n) is 3.73. The molecule has 31 heavy (non-hydrogen) atoms. The van der Waals surface area contributed by atoms with Gasteiger partial charge in [-0.1, -0.05) is 36.4 Å². The van der Waals surface area contributed by atoms with E-state index < -0.39 is 6.04 Å². The summed E-state index contributed by atoms with van der Waals surface area (Å²) in [5, 5.41) is 5.77. The fourth-order valence-corrected chi connectivity index (χ4v) is 3.73. The summed E-state index contributed by atoms with van der Waals surface area (Å²) in [7, 11) is 0. The molecule has 0 bridgehead atoms. The Morgan fingerprint density at radius 1 is 0.903 bits per heavy atom. The zero-order valence-electron chi connectivity index (χ0n) is 18.4. The molecule has 0 aromatic heterocycles. The van der Waals surface area contributed by atoms with Gasteiger partial charge in [0.2, 0.25) is 11.8 Å². The van der Waals surface area contributed by atoms with Crippen molar-refractivity contribution in [2.45, 2.75) is 26.8 Å². The van der Waals surface area contributed by atoms with Gasteiger partial charge in [0.15, 0.2) is 0 Å². The maximum Gasteiger partial charge on any atom is 0.251 e. The molecule has 2 aromatic carbocycles. The molecule has 2 aromatic rings. The number of carbonyl (C=O) groups is 3. The normalized spacial score (nSPS) is 15.3. The Hall–Kier alpha value is -3.19. The largest absolute Gasteiger partial charge is 0.341 e. The SMILES string of the molecule is Cc1cccc(C)c1NC(=O)CN1CCN(C(=O)C(C)NC(=O)c2ccccc2)CC1. The van der Waals surface area contributed by atoms with Gasteiger partial charge >= 0.3 is 0 Å². The molecule has 0 radical (unpaired) electrons. The second-order valence-corrected chi connectivity index (χ2v) is 7.98. The molecular formula is C24H30N4O3. The van der Waals surface area contributed by atoms with E-state index in [0.29, 0.717) is 31.7 Å². The third-order valence-electron chi connectivity index (χ3n) is 5.55. The van der Waals surface area contributed by atoms with Crippen LogP contribution in [0.3, 0.4) is 0 Å². The minimum absolute atomic E-state index is 0.0549. The Morgan fingerprint density at radius 3 is 2.13 bits per heavy atom. The van der Waals surface area contributed by atoms with Gasteiger partial charge in [0, 0.05) is 37.4 Å². The van der Waals surface area contributed by atoms with Crippen molar-refractivity contribution in [1.82, 2.24) is 15.1 Å². The number of carbonyl (C=O) groups excluding carboxylic acids is 3. The van der Waals surface area contributed by atoms with Crippen molar-refractivity contribution in [1.29, 1.82) is 0 Å². The second kappa shape index (κ2) is 10.2. The van der Waals surface area contributed by atoms with Crippen LogP contribution in [0.1, 0.15) is 28.4 Å². The van der Waals surface area contributed by atoms with Crippen LogP contribution in [0.2, 0.25) is 0 Å². The highest BCUT2D eigenvalue weighted by molar-refractivity contribution is 5.97. The molecule has 7 nitrogen and oxygen atoms in total. The lowest BCUT2D eigenvalue weighted by Crippen LogP contribution is -2.55. The summed E-state index contributed by atoms with van der Waals surface area (Å²) in [5.74, 6) is -0.423. The van der Waals surface area contributed by atoms with E-state index in [1.807, 2.05) is 43.0 Å². The zero-order valence-corrected chi connectivity index (χ0v) is 18.4. The molecule has 1 fully saturated rings. The number of piperazine rings is 1. The molecule has 0 saturated carbocycles. The Kier molecular flexibility index (Phi) is 7.41. The zero-order chi connectivity index (χ0) is 22.4. The van der Waals surface area contributed by atoms with E-state index in [1.54, 1.807) is 36.1 Å². The summed E-state index contributed by atoms with van der Waals surface area (Å²) < 4.78 is 0. The lowest BCUT2D eigenvalue weighted by molar-refractivity contribution is -0.134. The lowest BCUT2D eigenvalue weighted by Gasteiger charge is -2.35. The first-order valence-corrected chi connectivity index (χ1v) is 10.6. The van der Waals surface area contributed by atoms with E-state index in [2.05, 4.69) is 10.6 Å². The van der Waals surface area contributed by atoms with E-state index in [9.17, 15) is 14.4 Å². The molecule has 1 aliphatic heterocycles. The third-order valence-corrected chi connectivity index (χ3v) is 5.55. The standard InChI is InChI=1S/C24H30N4O3/c1-17-8-7-9-18(2)22(17)26-21(29)16-27-12-14-28(15-13-27)24(31)19(3)25-23(30)20-10-5-4-6-11-20/h4-11,19H,12-16H2,1-3H3,(H,25,30)(H,26,29). The predicted molar refractivity (Wildman–Crippen MR) is 121 cm³/mol. The number of hydrogen-bond acceptors (Lipinski definition) is 4. The van der Waals surface area contributed by atoms with Crippen LogP contribution in [0.25, 0.3) is 0 Å². The molecule has 1 atom stereocenters. The topological polar surface area (TPSA) is 81.8 Å². The van der Waals surface area contributed by atoms with Gasteiger partial charge in [0.25, 0.3) is 5.91 Å². The highest BCUT2D eigenvalue weighted by atomic mass is 16.2. The first-order chi connectivity index (χ1) is 14.8. The van der Waals surface area contributed by atoms with E-state index in [1.165, 1.54) is 0 Å². The van der Waals surface area contributed by atoms with Gasteiger partial charge < -0.3 is 15.5 Å². The van der Waals surface area contributed by atoms with Gasteiger partial charge in [0.1, 0.15) is 6.04 Å². The van der Waals surface area contributed by atoms with Gasteiger partial charge in [-0.15, -0.1) is 0 Å². The van der Waals surface area contributed by atoms with Crippen molar-refractivity contribution in [2.75, 3.05) is 38.0 Å². The van der Waals surface area contributed by atoms with E-state index in [4.69, 9.17) is 0 Å². The molecule has 1 saturated heterocycles. The summed E-state index contributed by atoms with van der Waals surface area (Å²) in [4.78, 5) is 41.3. The van der Waals surface area contributed by atoms with Crippen LogP contribution >= 0.6 is 0 Å². The number of amides is 3. The highest BCUT2D eigenvalue weighted by Crippen LogP contribution is 2.19. The van der Waals surface area contributed by atoms with Crippen LogP contribution in [0.5, 0.6) is 0 Å². The average Bonchev–Trinajstić information content (AvgIpc) is 2.77. The predicted octanol–water partition coefficient (Wildman–Crippen LogP) is 2.20. The Balaban J connectivity index is 1.46. The lowest BCUT2D eigenvalue weighted by atomic mass is 10.1. The fraction of sp³-hybridized carbons (Fsp3) is 0.375. The number of nitrogens with one attached hydrogen (secondary N) is 2. The maximum absolute atomic E-state index is 12.7. The first kappa shape index (κ1) is 22.5. The van der Waals surface area contributed by atoms with Crippen LogP contribution in [-0.4, -0.2) is 66.3 Å². The van der Waals surface area contributed by atoms with Crippen molar-refractivity contribution in [3.05, 3.63) is 65.2 Å². The second-order valence-electron chi connectivity index (χ2n) is 7.98. The molecule has 1 heterocycles. The number of benzene rings is 2. The Labute approximate surface area is 183 Å². The van der Waals surface area contributed by atoms with E-state index in [-0.39, 0.29) is 24.3 Å². The molecule has 2 N–H and O–H groups in total. The van der Waals surface area contributed by atoms with Crippen LogP contribution < -0.4 is 10.6 Å². The molecule has 7 heteroatoms. The van der Waals surface area contributed by atoms with Crippen molar-refractivity contribution in [3.8, 4) is 0 Å². The van der Waals surface area contributed by atoms with Crippen molar-refractivity contribution in [3.63, 3.8) is 0 Å². The molecule has 1 aliphatic rings. The summed E-state index contributed by atoms with van der Waals surface area (Å²) in [6, 6.07) is 14.2. The summed E-state index contributed by atoms with van der Waals surface area (Å²) >= 11 is 0. The van der Waals surface area contributed by atoms with Crippen LogP contribution in [0, 0.1) is 13.8 Å². The Bertz CT molecular complexity index is 917. The number of hydrogen-bond donors (Lipinski definition) is 2. The highest BCUT2D eigenvalue weighted by Gasteiger charge is 2.27. The van der Waals surface area contributed by atoms with Gasteiger partial charge in [-0.3, -0.25) is 19.3 Å². The average molecular weight is 423 g/mol. The van der Waals surface area contributed by atoms with Crippen LogP contribution in [0.15, 0.2) is 48.5 Å². The van der Waals surface area contributed by atoms with Gasteiger partial charge in [-0.2, -0.15) is 0 Å². The molecule has 0 spiro atoms. The number of rotatable bonds is 6. The van der Waals surface area contributed by atoms with Crippen LogP contribution in [0.4, 0.5) is 5.69 Å². The summed E-state index contributed by atoms with van der Waals surface area (Å²) in [5.41, 5.74) is 3.47. The minimum atomic E-state index is -0.605. The number of nitrogens with zero attached hydrogens (tertiary/aromatic N) is 2. The Morgan fingerprint density at radius 2 is 1.52 bits per heavy atom. The van der Waals surface area contributed by atoms with Gasteiger partial charge in [-0.25, -0.2) is 0 Å². The molecule has 0 aliphatic carbocycles. The van der Waals surface area contributed by atoms with E-state index >= 15 is 0 Å². The number of aryl methyl sites for hydroxylation is 2. The summed E-state index contributed by atoms with van der Waals surface area (Å²) in [6.07, 6.45) is 0. The first-order valence-electron chi connectivity index (χ1n) is 10.6. The van der Waals surface area contributed by atoms with E-state index in [0.717, 1.165) is 16.8 Å². The molecule has 3 rings (SSSR count). The monoisotopic (exact) mass is 422 g/mol. The van der Waals surface area contributed by atoms with Crippen molar-refractivity contribution < 1.29 is 14.4 Å². The molecular weight excluding hydrogens is 392 g/mol. The smallest absolute Gasteiger partial charge is 0.251 e. The van der Waals surface area contributed by atoms with Crippen molar-refractivity contribution in [2.24, 2.45) is 0 Å². The van der Waals surface area contributed by atoms with Crippen LogP contribution in [-0.2, 0) is 9.59 Å². The van der Waals surface area contributed by atoms with Gasteiger partial charge in [-0.05, 0) is 44.0 Å².